The summed E-state index contributed by atoms with van der Waals surface area (Å²) in [6.45, 7) is 0. The first-order valence-electron chi connectivity index (χ1n) is 4.55. The average Bonchev–Trinajstić information content (AvgIpc) is 2.27. The van der Waals surface area contributed by atoms with Crippen LogP contribution < -0.4 is 0 Å². The fraction of sp³-hybridized carbons (Fsp3) is 0.182. The van der Waals surface area contributed by atoms with E-state index in [2.05, 4.69) is 4.98 Å². The molecule has 2 aromatic rings. The van der Waals surface area contributed by atoms with Gasteiger partial charge in [-0.05, 0) is 12.1 Å². The minimum atomic E-state index is -2.74. The summed E-state index contributed by atoms with van der Waals surface area (Å²) >= 11 is 5.32. The topological polar surface area (TPSA) is 12.9 Å². The number of para-hydroxylation sites is 1. The van der Waals surface area contributed by atoms with E-state index in [1.807, 2.05) is 0 Å². The van der Waals surface area contributed by atoms with Crippen molar-refractivity contribution in [2.45, 2.75) is 12.1 Å². The Hall–Kier alpha value is -1.29. The predicted octanol–water partition coefficient (Wildman–Crippen LogP) is 4.38. The number of hydrogen-bond donors (Lipinski definition) is 0. The quantitative estimate of drug-likeness (QED) is 0.716. The Balaban J connectivity index is 2.74. The fourth-order valence-corrected chi connectivity index (χ4v) is 1.70. The molecule has 0 bridgehead atoms. The molecule has 2 rings (SSSR count). The van der Waals surface area contributed by atoms with Crippen molar-refractivity contribution in [3.05, 3.63) is 41.6 Å². The highest BCUT2D eigenvalue weighted by molar-refractivity contribution is 6.20. The summed E-state index contributed by atoms with van der Waals surface area (Å²) in [6, 6.07) is 7.47. The predicted molar refractivity (Wildman–Crippen MR) is 56.4 cm³/mol. The van der Waals surface area contributed by atoms with E-state index in [1.54, 1.807) is 24.3 Å². The summed E-state index contributed by atoms with van der Waals surface area (Å²) in [4.78, 5) is 3.74. The van der Waals surface area contributed by atoms with Crippen LogP contribution in [-0.2, 0) is 0 Å². The molecule has 16 heavy (non-hydrogen) atoms. The molecule has 1 atom stereocenters. The maximum atomic E-state index is 13.1. The zero-order chi connectivity index (χ0) is 11.7. The van der Waals surface area contributed by atoms with Crippen molar-refractivity contribution in [1.29, 1.82) is 0 Å². The van der Waals surface area contributed by atoms with E-state index in [-0.39, 0.29) is 5.56 Å². The molecule has 0 spiro atoms. The van der Waals surface area contributed by atoms with E-state index >= 15 is 0 Å². The Labute approximate surface area is 94.9 Å². The molecule has 0 fully saturated rings. The van der Waals surface area contributed by atoms with Crippen molar-refractivity contribution in [3.63, 3.8) is 0 Å². The molecule has 0 amide bonds. The van der Waals surface area contributed by atoms with Crippen molar-refractivity contribution >= 4 is 22.5 Å². The first-order chi connectivity index (χ1) is 7.59. The molecule has 0 N–H and O–H groups in total. The van der Waals surface area contributed by atoms with Crippen molar-refractivity contribution in [3.8, 4) is 0 Å². The van der Waals surface area contributed by atoms with Crippen molar-refractivity contribution in [1.82, 2.24) is 4.98 Å². The van der Waals surface area contributed by atoms with Gasteiger partial charge < -0.3 is 0 Å². The molecule has 84 valence electrons. The smallest absolute Gasteiger partial charge is 0.247 e. The molecule has 0 aliphatic heterocycles. The Morgan fingerprint density at radius 1 is 1.12 bits per heavy atom. The Morgan fingerprint density at radius 2 is 1.81 bits per heavy atom. The van der Waals surface area contributed by atoms with Crippen molar-refractivity contribution in [2.24, 2.45) is 0 Å². The number of hydrogen-bond acceptors (Lipinski definition) is 1. The zero-order valence-electron chi connectivity index (χ0n) is 8.00. The molecule has 1 aromatic carbocycles. The number of fused-ring (bicyclic) bond motifs is 1. The number of pyridine rings is 1. The largest absolute Gasteiger partial charge is 0.280 e. The molecule has 5 heteroatoms. The van der Waals surface area contributed by atoms with Gasteiger partial charge in [-0.1, -0.05) is 29.8 Å². The lowest BCUT2D eigenvalue weighted by molar-refractivity contribution is 0.146. The van der Waals surface area contributed by atoms with Gasteiger partial charge in [-0.2, -0.15) is 0 Å². The number of nitrogens with zero attached hydrogens (tertiary/aromatic N) is 1. The summed E-state index contributed by atoms with van der Waals surface area (Å²) in [7, 11) is 0. The number of halogens is 4. The maximum absolute atomic E-state index is 13.1. The van der Waals surface area contributed by atoms with Crippen LogP contribution in [-0.4, -0.2) is 4.98 Å². The first-order valence-corrected chi connectivity index (χ1v) is 4.99. The van der Waals surface area contributed by atoms with Gasteiger partial charge in [-0.25, -0.2) is 18.2 Å². The lowest BCUT2D eigenvalue weighted by Crippen LogP contribution is -1.96. The van der Waals surface area contributed by atoms with Gasteiger partial charge in [0, 0.05) is 10.9 Å². The van der Waals surface area contributed by atoms with E-state index in [1.165, 1.54) is 0 Å². The number of rotatable bonds is 2. The van der Waals surface area contributed by atoms with Crippen LogP contribution in [0, 0.1) is 0 Å². The Bertz CT molecular complexity index is 514. The van der Waals surface area contributed by atoms with Crippen LogP contribution in [0.2, 0.25) is 0 Å². The molecule has 0 radical (unpaired) electrons. The van der Waals surface area contributed by atoms with Gasteiger partial charge in [0.15, 0.2) is 5.63 Å². The number of benzene rings is 1. The van der Waals surface area contributed by atoms with E-state index in [0.717, 1.165) is 6.07 Å². The van der Waals surface area contributed by atoms with Crippen LogP contribution in [0.4, 0.5) is 13.2 Å². The normalized spacial score (nSPS) is 13.3. The highest BCUT2D eigenvalue weighted by atomic mass is 35.5. The molecular formula is C11H7ClF3N. The van der Waals surface area contributed by atoms with Crippen LogP contribution in [0.5, 0.6) is 0 Å². The monoisotopic (exact) mass is 245 g/mol. The second-order valence-corrected chi connectivity index (χ2v) is 3.64. The number of aromatic nitrogens is 1. The van der Waals surface area contributed by atoms with Crippen LogP contribution in [0.15, 0.2) is 30.3 Å². The molecule has 1 unspecified atom stereocenters. The summed E-state index contributed by atoms with van der Waals surface area (Å²) in [5.41, 5.74) is -1.93. The third-order valence-corrected chi connectivity index (χ3v) is 2.46. The molecule has 0 saturated heterocycles. The van der Waals surface area contributed by atoms with Gasteiger partial charge in [0.05, 0.1) is 5.52 Å². The number of alkyl halides is 4. The van der Waals surface area contributed by atoms with Gasteiger partial charge in [-0.15, -0.1) is 0 Å². The lowest BCUT2D eigenvalue weighted by Gasteiger charge is -2.08. The van der Waals surface area contributed by atoms with Gasteiger partial charge >= 0.3 is 0 Å². The first kappa shape index (κ1) is 11.2. The summed E-state index contributed by atoms with van der Waals surface area (Å²) in [6.07, 6.45) is -2.74. The maximum Gasteiger partial charge on any atom is 0.280 e. The Kier molecular flexibility index (Phi) is 3.01. The third-order valence-electron chi connectivity index (χ3n) is 2.23. The van der Waals surface area contributed by atoms with Gasteiger partial charge in [0.1, 0.15) is 5.69 Å². The summed E-state index contributed by atoms with van der Waals surface area (Å²) < 4.78 is 38.1. The molecular weight excluding hydrogens is 239 g/mol. The summed E-state index contributed by atoms with van der Waals surface area (Å²) in [5.74, 6) is 0. The molecule has 1 nitrogen and oxygen atoms in total. The molecule has 1 heterocycles. The van der Waals surface area contributed by atoms with Crippen LogP contribution in [0.3, 0.4) is 0 Å². The molecule has 0 aliphatic rings. The average molecular weight is 246 g/mol. The van der Waals surface area contributed by atoms with Crippen LogP contribution >= 0.6 is 11.6 Å². The van der Waals surface area contributed by atoms with Crippen molar-refractivity contribution in [2.75, 3.05) is 0 Å². The SMILES string of the molecule is FC(F)c1cc(C(F)Cl)c2ccccc2n1. The highest BCUT2D eigenvalue weighted by Crippen LogP contribution is 2.31. The standard InChI is InChI=1S/C11H7ClF3N/c12-10(13)7-5-9(11(14)15)16-8-4-2-1-3-6(7)8/h1-5,10-11H. The second-order valence-electron chi connectivity index (χ2n) is 3.25. The minimum Gasteiger partial charge on any atom is -0.247 e. The second kappa shape index (κ2) is 4.29. The van der Waals surface area contributed by atoms with Gasteiger partial charge in [0.2, 0.25) is 0 Å². The van der Waals surface area contributed by atoms with Crippen LogP contribution in [0.1, 0.15) is 23.3 Å². The van der Waals surface area contributed by atoms with Crippen molar-refractivity contribution < 1.29 is 13.2 Å². The molecule has 1 aromatic heterocycles. The zero-order valence-corrected chi connectivity index (χ0v) is 8.76. The lowest BCUT2D eigenvalue weighted by atomic mass is 10.1. The van der Waals surface area contributed by atoms with E-state index in [9.17, 15) is 13.2 Å². The van der Waals surface area contributed by atoms with E-state index in [4.69, 9.17) is 11.6 Å². The highest BCUT2D eigenvalue weighted by Gasteiger charge is 2.16. The minimum absolute atomic E-state index is 0.0302. The molecule has 0 saturated carbocycles. The van der Waals surface area contributed by atoms with Gasteiger partial charge in [0.25, 0.3) is 6.43 Å². The van der Waals surface area contributed by atoms with Gasteiger partial charge in [-0.3, -0.25) is 0 Å². The summed E-state index contributed by atoms with van der Waals surface area (Å²) in [5, 5.41) is 0.453. The third kappa shape index (κ3) is 1.97. The fourth-order valence-electron chi connectivity index (χ4n) is 1.52. The Morgan fingerprint density at radius 3 is 2.44 bits per heavy atom. The van der Waals surface area contributed by atoms with Crippen LogP contribution in [0.25, 0.3) is 10.9 Å². The van der Waals surface area contributed by atoms with E-state index < -0.39 is 17.8 Å². The van der Waals surface area contributed by atoms with E-state index in [0.29, 0.717) is 10.9 Å². The molecule has 0 aliphatic carbocycles.